The number of hydrogen-bond acceptors (Lipinski definition) is 3. The number of rotatable bonds is 0. The van der Waals surface area contributed by atoms with E-state index in [0.717, 1.165) is 133 Å². The number of hydrogen-bond donors (Lipinski definition) is 0. The Kier molecular flexibility index (Phi) is 4.62. The molecule has 240 valence electrons. The summed E-state index contributed by atoms with van der Waals surface area (Å²) in [7, 11) is 0. The molecule has 2 fully saturated rings. The molecular weight excluding hydrogens is 617 g/mol. The van der Waals surface area contributed by atoms with E-state index in [2.05, 4.69) is 52.9 Å². The van der Waals surface area contributed by atoms with Gasteiger partial charge in [-0.05, 0) is 116 Å². The number of pyridine rings is 1. The van der Waals surface area contributed by atoms with E-state index in [4.69, 9.17) is 0 Å². The highest BCUT2D eigenvalue weighted by molar-refractivity contribution is 6.44. The first-order valence-electron chi connectivity index (χ1n) is 18.6. The van der Waals surface area contributed by atoms with Crippen LogP contribution < -0.4 is 5.56 Å². The lowest BCUT2D eigenvalue weighted by Crippen LogP contribution is -2.15. The molecule has 4 bridgehead atoms. The van der Waals surface area contributed by atoms with Crippen LogP contribution in [0.1, 0.15) is 95.0 Å². The van der Waals surface area contributed by atoms with E-state index in [-0.39, 0.29) is 17.4 Å². The third-order valence-corrected chi connectivity index (χ3v) is 13.9. The van der Waals surface area contributed by atoms with Gasteiger partial charge in [-0.1, -0.05) is 36.4 Å². The van der Waals surface area contributed by atoms with Crippen molar-refractivity contribution < 1.29 is 9.59 Å². The monoisotopic (exact) mass is 648 g/mol. The number of Topliss-reactive ketones (excluding diaryl/α,β-unsaturated/α-hetero) is 2. The molecule has 5 nitrogen and oxygen atoms in total. The Morgan fingerprint density at radius 3 is 1.44 bits per heavy atom. The number of carbonyl (C=O) groups excluding carboxylic acids is 2. The predicted octanol–water partition coefficient (Wildman–Crippen LogP) is 10.3. The summed E-state index contributed by atoms with van der Waals surface area (Å²) in [5, 5.41) is 9.55. The average molecular weight is 649 g/mol. The minimum Gasteiger partial charge on any atom is -0.308 e. The SMILES string of the molecule is O=C1c2cc3c(cc2C2CCC1CC2)c1c2c4ccccc4c(=O)n4c5ccccc5c(c5c6cc7c(cc6n3c15)C(=O)C1CCC7CC1)c24. The molecule has 15 rings (SSSR count). The third-order valence-electron chi connectivity index (χ3n) is 13.9. The van der Waals surface area contributed by atoms with Crippen LogP contribution in [0.4, 0.5) is 0 Å². The van der Waals surface area contributed by atoms with Crippen LogP contribution in [-0.4, -0.2) is 20.4 Å². The molecule has 4 heterocycles. The minimum absolute atomic E-state index is 0.00814. The number of benzene rings is 5. The smallest absolute Gasteiger partial charge is 0.263 e. The van der Waals surface area contributed by atoms with Crippen LogP contribution >= 0.6 is 0 Å². The van der Waals surface area contributed by atoms with E-state index in [1.54, 1.807) is 0 Å². The fourth-order valence-corrected chi connectivity index (χ4v) is 11.7. The summed E-state index contributed by atoms with van der Waals surface area (Å²) in [6.07, 6.45) is 8.10. The molecule has 9 aromatic rings. The molecule has 0 N–H and O–H groups in total. The molecule has 4 aromatic heterocycles. The topological polar surface area (TPSA) is 60.0 Å². The Bertz CT molecular complexity index is 3100. The standard InChI is InChI=1S/C45H32N2O3/c48-43-23-13-9-21(10-14-23)28-17-32-35(19-30(28)43)46-36-20-31-29(22-11-15-24(16-12-22)44(31)49)18-33(36)40-38-27-7-3-4-8-34(27)47-42(38)37(39(32)41(40)46)25-5-1-2-6-26(25)45(47)50/h1-8,17-24H,9-16H2. The van der Waals surface area contributed by atoms with Crippen LogP contribution in [0.25, 0.3) is 76.1 Å². The second kappa shape index (κ2) is 8.70. The van der Waals surface area contributed by atoms with Crippen molar-refractivity contribution in [2.75, 3.05) is 0 Å². The van der Waals surface area contributed by atoms with E-state index >= 15 is 0 Å². The highest BCUT2D eigenvalue weighted by Gasteiger charge is 2.39. The Hall–Kier alpha value is -5.29. The zero-order valence-electron chi connectivity index (χ0n) is 27.5. The number of para-hydroxylation sites is 1. The first kappa shape index (κ1) is 26.6. The first-order chi connectivity index (χ1) is 24.6. The van der Waals surface area contributed by atoms with E-state index in [1.165, 1.54) is 11.1 Å². The Morgan fingerprint density at radius 2 is 0.860 bits per heavy atom. The van der Waals surface area contributed by atoms with E-state index in [1.807, 2.05) is 28.7 Å². The Labute approximate surface area is 285 Å². The number of fused-ring (bicyclic) bond motifs is 17. The number of carbonyl (C=O) groups is 2. The summed E-state index contributed by atoms with van der Waals surface area (Å²) >= 11 is 0. The van der Waals surface area contributed by atoms with Gasteiger partial charge in [0, 0.05) is 66.1 Å². The molecule has 0 amide bonds. The van der Waals surface area contributed by atoms with Crippen molar-refractivity contribution >= 4 is 87.6 Å². The predicted molar refractivity (Wildman–Crippen MR) is 200 cm³/mol. The highest BCUT2D eigenvalue weighted by atomic mass is 16.1. The van der Waals surface area contributed by atoms with Crippen molar-refractivity contribution in [3.63, 3.8) is 0 Å². The van der Waals surface area contributed by atoms with E-state index < -0.39 is 0 Å². The zero-order valence-corrected chi connectivity index (χ0v) is 27.5. The molecule has 0 unspecified atom stereocenters. The Morgan fingerprint density at radius 1 is 0.420 bits per heavy atom. The molecule has 6 aliphatic carbocycles. The molecule has 0 spiro atoms. The molecule has 6 aliphatic rings. The molecule has 0 saturated heterocycles. The van der Waals surface area contributed by atoms with Gasteiger partial charge < -0.3 is 4.40 Å². The molecule has 50 heavy (non-hydrogen) atoms. The van der Waals surface area contributed by atoms with Crippen LogP contribution in [0.5, 0.6) is 0 Å². The van der Waals surface area contributed by atoms with Crippen LogP contribution in [0.2, 0.25) is 0 Å². The average Bonchev–Trinajstić information content (AvgIpc) is 3.67. The molecule has 2 saturated carbocycles. The summed E-state index contributed by atoms with van der Waals surface area (Å²) in [6.45, 7) is 0. The van der Waals surface area contributed by atoms with Gasteiger partial charge in [0.05, 0.1) is 27.6 Å². The molecule has 0 radical (unpaired) electrons. The fourth-order valence-electron chi connectivity index (χ4n) is 11.7. The van der Waals surface area contributed by atoms with Crippen molar-refractivity contribution in [1.29, 1.82) is 0 Å². The first-order valence-corrected chi connectivity index (χ1v) is 18.6. The summed E-state index contributed by atoms with van der Waals surface area (Å²) in [5.41, 5.74) is 9.30. The van der Waals surface area contributed by atoms with Gasteiger partial charge >= 0.3 is 0 Å². The van der Waals surface area contributed by atoms with Crippen LogP contribution in [0.3, 0.4) is 0 Å². The van der Waals surface area contributed by atoms with Crippen LogP contribution in [0.15, 0.2) is 77.6 Å². The molecule has 5 aromatic carbocycles. The van der Waals surface area contributed by atoms with Gasteiger partial charge in [-0.3, -0.25) is 18.8 Å². The summed E-state index contributed by atoms with van der Waals surface area (Å²) in [4.78, 5) is 42.8. The zero-order chi connectivity index (χ0) is 32.7. The van der Waals surface area contributed by atoms with Crippen molar-refractivity contribution in [2.24, 2.45) is 11.8 Å². The quantitative estimate of drug-likeness (QED) is 0.154. The normalized spacial score (nSPS) is 23.5. The second-order valence-electron chi connectivity index (χ2n) is 16.0. The molecule has 5 heteroatoms. The highest BCUT2D eigenvalue weighted by Crippen LogP contribution is 2.53. The minimum atomic E-state index is 0.00814. The summed E-state index contributed by atoms with van der Waals surface area (Å²) in [5.74, 6) is 1.57. The summed E-state index contributed by atoms with van der Waals surface area (Å²) < 4.78 is 4.37. The van der Waals surface area contributed by atoms with E-state index in [0.29, 0.717) is 28.8 Å². The lowest BCUT2D eigenvalue weighted by molar-refractivity contribution is 0.0891. The maximum absolute atomic E-state index is 14.6. The third kappa shape index (κ3) is 2.88. The maximum Gasteiger partial charge on any atom is 0.263 e. The fraction of sp³-hybridized carbons (Fsp3) is 0.267. The largest absolute Gasteiger partial charge is 0.308 e. The van der Waals surface area contributed by atoms with Crippen LogP contribution in [-0.2, 0) is 0 Å². The van der Waals surface area contributed by atoms with E-state index in [9.17, 15) is 14.4 Å². The van der Waals surface area contributed by atoms with Crippen molar-refractivity contribution in [1.82, 2.24) is 8.80 Å². The van der Waals surface area contributed by atoms with Gasteiger partial charge in [-0.25, -0.2) is 0 Å². The molecular formula is C45H32N2O3. The van der Waals surface area contributed by atoms with Gasteiger partial charge in [0.2, 0.25) is 0 Å². The van der Waals surface area contributed by atoms with Gasteiger partial charge in [-0.2, -0.15) is 0 Å². The van der Waals surface area contributed by atoms with Crippen molar-refractivity contribution in [3.05, 3.63) is 105 Å². The number of aromatic nitrogens is 2. The van der Waals surface area contributed by atoms with Gasteiger partial charge in [0.1, 0.15) is 0 Å². The second-order valence-corrected chi connectivity index (χ2v) is 16.0. The lowest BCUT2D eigenvalue weighted by Gasteiger charge is -2.22. The molecule has 0 atom stereocenters. The van der Waals surface area contributed by atoms with Gasteiger partial charge in [0.25, 0.3) is 5.56 Å². The molecule has 0 aliphatic heterocycles. The van der Waals surface area contributed by atoms with Crippen molar-refractivity contribution in [3.8, 4) is 0 Å². The Balaban J connectivity index is 1.36. The lowest BCUT2D eigenvalue weighted by atomic mass is 9.82. The number of nitrogens with zero attached hydrogens (tertiary/aromatic N) is 2. The van der Waals surface area contributed by atoms with Crippen molar-refractivity contribution in [2.45, 2.75) is 63.2 Å². The maximum atomic E-state index is 14.6. The summed E-state index contributed by atoms with van der Waals surface area (Å²) in [6, 6.07) is 25.6. The van der Waals surface area contributed by atoms with Crippen LogP contribution in [0, 0.1) is 11.8 Å². The van der Waals surface area contributed by atoms with Gasteiger partial charge in [-0.15, -0.1) is 0 Å². The van der Waals surface area contributed by atoms with Gasteiger partial charge in [0.15, 0.2) is 11.6 Å². The number of ketones is 2.